The molecule has 2 N–H and O–H groups in total. The Morgan fingerprint density at radius 2 is 2.00 bits per heavy atom. The van der Waals surface area contributed by atoms with Crippen molar-refractivity contribution in [2.75, 3.05) is 0 Å². The smallest absolute Gasteiger partial charge is 0.327 e. The lowest BCUT2D eigenvalue weighted by Gasteiger charge is -2.20. The SMILES string of the molecule is CC(C)(C)n1c(=O)[nH]c2c(O)cccc21. The van der Waals surface area contributed by atoms with Crippen molar-refractivity contribution in [1.82, 2.24) is 9.55 Å². The number of hydrogen-bond acceptors (Lipinski definition) is 2. The Balaban J connectivity index is 2.92. The van der Waals surface area contributed by atoms with E-state index in [9.17, 15) is 9.90 Å². The zero-order chi connectivity index (χ0) is 11.2. The van der Waals surface area contributed by atoms with Gasteiger partial charge in [0.2, 0.25) is 0 Å². The monoisotopic (exact) mass is 206 g/mol. The van der Waals surface area contributed by atoms with Gasteiger partial charge in [0.25, 0.3) is 0 Å². The average Bonchev–Trinajstić information content (AvgIpc) is 2.41. The summed E-state index contributed by atoms with van der Waals surface area (Å²) >= 11 is 0. The molecule has 0 aliphatic carbocycles. The summed E-state index contributed by atoms with van der Waals surface area (Å²) in [7, 11) is 0. The molecule has 0 atom stereocenters. The van der Waals surface area contributed by atoms with Gasteiger partial charge in [-0.3, -0.25) is 4.57 Å². The number of phenolic OH excluding ortho intramolecular Hbond substituents is 1. The van der Waals surface area contributed by atoms with Crippen molar-refractivity contribution in [2.24, 2.45) is 0 Å². The van der Waals surface area contributed by atoms with E-state index in [-0.39, 0.29) is 17.0 Å². The number of aromatic hydroxyl groups is 1. The summed E-state index contributed by atoms with van der Waals surface area (Å²) in [4.78, 5) is 14.4. The van der Waals surface area contributed by atoms with Gasteiger partial charge in [-0.2, -0.15) is 0 Å². The van der Waals surface area contributed by atoms with E-state index in [1.165, 1.54) is 0 Å². The van der Waals surface area contributed by atoms with Crippen LogP contribution in [-0.4, -0.2) is 14.7 Å². The molecule has 0 saturated carbocycles. The average molecular weight is 206 g/mol. The molecule has 0 radical (unpaired) electrons. The number of nitrogens with one attached hydrogen (secondary N) is 1. The summed E-state index contributed by atoms with van der Waals surface area (Å²) in [5, 5.41) is 9.59. The minimum Gasteiger partial charge on any atom is -0.506 e. The second kappa shape index (κ2) is 2.89. The van der Waals surface area contributed by atoms with Crippen LogP contribution in [0, 0.1) is 0 Å². The molecule has 1 aromatic heterocycles. The van der Waals surface area contributed by atoms with Crippen LogP contribution in [0.2, 0.25) is 0 Å². The van der Waals surface area contributed by atoms with E-state index in [1.54, 1.807) is 16.7 Å². The highest BCUT2D eigenvalue weighted by molar-refractivity contribution is 5.81. The van der Waals surface area contributed by atoms with E-state index in [0.717, 1.165) is 5.52 Å². The second-order valence-corrected chi connectivity index (χ2v) is 4.61. The first-order valence-electron chi connectivity index (χ1n) is 4.84. The van der Waals surface area contributed by atoms with Crippen LogP contribution in [0.3, 0.4) is 0 Å². The quantitative estimate of drug-likeness (QED) is 0.690. The topological polar surface area (TPSA) is 58.0 Å². The summed E-state index contributed by atoms with van der Waals surface area (Å²) in [6, 6.07) is 5.11. The van der Waals surface area contributed by atoms with Crippen LogP contribution in [0.1, 0.15) is 20.8 Å². The number of benzene rings is 1. The van der Waals surface area contributed by atoms with E-state index < -0.39 is 0 Å². The summed E-state index contributed by atoms with van der Waals surface area (Å²) < 4.78 is 1.64. The molecule has 0 unspecified atom stereocenters. The fourth-order valence-corrected chi connectivity index (χ4v) is 1.78. The number of imidazole rings is 1. The highest BCUT2D eigenvalue weighted by Gasteiger charge is 2.20. The van der Waals surface area contributed by atoms with Crippen LogP contribution >= 0.6 is 0 Å². The number of para-hydroxylation sites is 1. The highest BCUT2D eigenvalue weighted by atomic mass is 16.3. The number of aromatic nitrogens is 2. The van der Waals surface area contributed by atoms with Gasteiger partial charge in [0.05, 0.1) is 5.52 Å². The molecule has 0 saturated heterocycles. The van der Waals surface area contributed by atoms with Crippen molar-refractivity contribution in [3.8, 4) is 5.75 Å². The number of rotatable bonds is 0. The molecule has 4 nitrogen and oxygen atoms in total. The van der Waals surface area contributed by atoms with Crippen LogP contribution in [0.25, 0.3) is 11.0 Å². The third-order valence-corrected chi connectivity index (χ3v) is 2.37. The van der Waals surface area contributed by atoms with E-state index in [4.69, 9.17) is 0 Å². The standard InChI is InChI=1S/C11H14N2O2/c1-11(2,3)13-7-5-4-6-8(14)9(7)12-10(13)15/h4-6,14H,1-3H3,(H,12,15). The molecule has 15 heavy (non-hydrogen) atoms. The van der Waals surface area contributed by atoms with Crippen molar-refractivity contribution in [1.29, 1.82) is 0 Å². The lowest BCUT2D eigenvalue weighted by Crippen LogP contribution is -2.31. The lowest BCUT2D eigenvalue weighted by atomic mass is 10.1. The van der Waals surface area contributed by atoms with E-state index in [0.29, 0.717) is 5.52 Å². The van der Waals surface area contributed by atoms with Gasteiger partial charge in [0, 0.05) is 5.54 Å². The Morgan fingerprint density at radius 3 is 2.60 bits per heavy atom. The Morgan fingerprint density at radius 1 is 1.33 bits per heavy atom. The van der Waals surface area contributed by atoms with Crippen molar-refractivity contribution in [3.63, 3.8) is 0 Å². The summed E-state index contributed by atoms with van der Waals surface area (Å²) in [6.45, 7) is 5.85. The van der Waals surface area contributed by atoms with Gasteiger partial charge in [-0.15, -0.1) is 0 Å². The van der Waals surface area contributed by atoms with Crippen LogP contribution in [0.5, 0.6) is 5.75 Å². The lowest BCUT2D eigenvalue weighted by molar-refractivity contribution is 0.397. The fourth-order valence-electron chi connectivity index (χ4n) is 1.78. The summed E-state index contributed by atoms with van der Waals surface area (Å²) in [5.74, 6) is 0.104. The Hall–Kier alpha value is -1.71. The molecular weight excluding hydrogens is 192 g/mol. The number of aromatic amines is 1. The maximum atomic E-state index is 11.7. The number of hydrogen-bond donors (Lipinski definition) is 2. The van der Waals surface area contributed by atoms with Gasteiger partial charge >= 0.3 is 5.69 Å². The molecule has 0 aliphatic rings. The molecule has 0 aliphatic heterocycles. The minimum absolute atomic E-state index is 0.104. The fraction of sp³-hybridized carbons (Fsp3) is 0.364. The van der Waals surface area contributed by atoms with Gasteiger partial charge in [0.1, 0.15) is 11.3 Å². The van der Waals surface area contributed by atoms with Gasteiger partial charge < -0.3 is 10.1 Å². The first-order valence-corrected chi connectivity index (χ1v) is 4.84. The number of phenols is 1. The first kappa shape index (κ1) is 9.83. The van der Waals surface area contributed by atoms with Gasteiger partial charge in [-0.05, 0) is 32.9 Å². The first-order chi connectivity index (χ1) is 6.91. The van der Waals surface area contributed by atoms with Gasteiger partial charge in [-0.1, -0.05) is 6.07 Å². The molecule has 4 heteroatoms. The normalized spacial score (nSPS) is 12.2. The van der Waals surface area contributed by atoms with Crippen molar-refractivity contribution >= 4 is 11.0 Å². The Bertz CT molecular complexity index is 558. The summed E-state index contributed by atoms with van der Waals surface area (Å²) in [5.41, 5.74) is 0.729. The van der Waals surface area contributed by atoms with E-state index >= 15 is 0 Å². The Kier molecular flexibility index (Phi) is 1.89. The molecular formula is C11H14N2O2. The third-order valence-electron chi connectivity index (χ3n) is 2.37. The summed E-state index contributed by atoms with van der Waals surface area (Å²) in [6.07, 6.45) is 0. The molecule has 0 spiro atoms. The van der Waals surface area contributed by atoms with Gasteiger partial charge in [-0.25, -0.2) is 4.79 Å². The molecule has 1 aromatic carbocycles. The Labute approximate surface area is 87.2 Å². The molecule has 1 heterocycles. The molecule has 0 bridgehead atoms. The maximum Gasteiger partial charge on any atom is 0.327 e. The minimum atomic E-state index is -0.302. The molecule has 2 rings (SSSR count). The van der Waals surface area contributed by atoms with Gasteiger partial charge in [0.15, 0.2) is 0 Å². The zero-order valence-corrected chi connectivity index (χ0v) is 9.03. The predicted octanol–water partition coefficient (Wildman–Crippen LogP) is 1.79. The number of H-pyrrole nitrogens is 1. The van der Waals surface area contributed by atoms with E-state index in [2.05, 4.69) is 4.98 Å². The van der Waals surface area contributed by atoms with E-state index in [1.807, 2.05) is 26.8 Å². The van der Waals surface area contributed by atoms with Crippen LogP contribution in [0.4, 0.5) is 0 Å². The van der Waals surface area contributed by atoms with Crippen LogP contribution in [0.15, 0.2) is 23.0 Å². The number of fused-ring (bicyclic) bond motifs is 1. The zero-order valence-electron chi connectivity index (χ0n) is 9.03. The van der Waals surface area contributed by atoms with Crippen molar-refractivity contribution < 1.29 is 5.11 Å². The maximum absolute atomic E-state index is 11.7. The largest absolute Gasteiger partial charge is 0.506 e. The molecule has 0 amide bonds. The third kappa shape index (κ3) is 1.42. The predicted molar refractivity (Wildman–Crippen MR) is 59.2 cm³/mol. The highest BCUT2D eigenvalue weighted by Crippen LogP contribution is 2.24. The van der Waals surface area contributed by atoms with Crippen molar-refractivity contribution in [2.45, 2.75) is 26.3 Å². The molecule has 2 aromatic rings. The second-order valence-electron chi connectivity index (χ2n) is 4.61. The number of nitrogens with zero attached hydrogens (tertiary/aromatic N) is 1. The van der Waals surface area contributed by atoms with Crippen LogP contribution in [-0.2, 0) is 5.54 Å². The van der Waals surface area contributed by atoms with Crippen LogP contribution < -0.4 is 5.69 Å². The molecule has 0 fully saturated rings. The molecule has 80 valence electrons. The van der Waals surface area contributed by atoms with Crippen molar-refractivity contribution in [3.05, 3.63) is 28.7 Å².